The van der Waals surface area contributed by atoms with Gasteiger partial charge in [0.25, 0.3) is 5.92 Å². The maximum absolute atomic E-state index is 13.0. The molecule has 0 spiro atoms. The third-order valence-corrected chi connectivity index (χ3v) is 3.50. The lowest BCUT2D eigenvalue weighted by Crippen LogP contribution is -2.35. The summed E-state index contributed by atoms with van der Waals surface area (Å²) in [5, 5.41) is 14.7. The van der Waals surface area contributed by atoms with Crippen molar-refractivity contribution in [2.24, 2.45) is 0 Å². The molecule has 1 aromatic carbocycles. The van der Waals surface area contributed by atoms with Crippen LogP contribution in [0.5, 0.6) is 5.75 Å². The number of nitrogens with one attached hydrogen (secondary N) is 2. The second-order valence-electron chi connectivity index (χ2n) is 4.63. The van der Waals surface area contributed by atoms with Crippen LogP contribution < -0.4 is 10.6 Å². The van der Waals surface area contributed by atoms with Gasteiger partial charge in [-0.2, -0.15) is 0 Å². The highest BCUT2D eigenvalue weighted by atomic mass is 79.9. The van der Waals surface area contributed by atoms with Crippen LogP contribution >= 0.6 is 28.3 Å². The normalized spacial score (nSPS) is 20.3. The fourth-order valence-electron chi connectivity index (χ4n) is 1.95. The minimum atomic E-state index is -2.86. The Morgan fingerprint density at radius 2 is 2.20 bits per heavy atom. The first kappa shape index (κ1) is 17.1. The number of rotatable bonds is 2. The molecule has 1 saturated heterocycles. The van der Waals surface area contributed by atoms with E-state index in [1.165, 1.54) is 0 Å². The highest BCUT2D eigenvalue weighted by Crippen LogP contribution is 2.34. The molecule has 4 nitrogen and oxygen atoms in total. The first-order valence-electron chi connectivity index (χ1n) is 5.70. The summed E-state index contributed by atoms with van der Waals surface area (Å²) < 4.78 is 26.4. The van der Waals surface area contributed by atoms with E-state index in [2.05, 4.69) is 26.6 Å². The van der Waals surface area contributed by atoms with Crippen molar-refractivity contribution in [1.82, 2.24) is 5.32 Å². The van der Waals surface area contributed by atoms with Gasteiger partial charge in [-0.1, -0.05) is 0 Å². The van der Waals surface area contributed by atoms with Gasteiger partial charge in [-0.05, 0) is 40.5 Å². The van der Waals surface area contributed by atoms with Gasteiger partial charge in [-0.3, -0.25) is 10.1 Å². The van der Waals surface area contributed by atoms with Gasteiger partial charge in [0, 0.05) is 6.42 Å². The average molecular weight is 372 g/mol. The number of hydrogen-bond donors (Lipinski definition) is 3. The first-order chi connectivity index (χ1) is 8.78. The monoisotopic (exact) mass is 370 g/mol. The Morgan fingerprint density at radius 1 is 1.55 bits per heavy atom. The van der Waals surface area contributed by atoms with E-state index in [0.717, 1.165) is 5.56 Å². The van der Waals surface area contributed by atoms with Crippen molar-refractivity contribution in [3.05, 3.63) is 22.2 Å². The average Bonchev–Trinajstić information content (AvgIpc) is 2.66. The molecule has 1 atom stereocenters. The maximum atomic E-state index is 13.0. The van der Waals surface area contributed by atoms with Gasteiger partial charge in [0.1, 0.15) is 0 Å². The SMILES string of the molecule is Cc1cc(Br)c(O)c(NC(=O)C2CC(F)(F)CN2)c1.Cl. The summed E-state index contributed by atoms with van der Waals surface area (Å²) in [4.78, 5) is 11.8. The fraction of sp³-hybridized carbons (Fsp3) is 0.417. The number of anilines is 1. The van der Waals surface area contributed by atoms with E-state index in [1.807, 2.05) is 0 Å². The van der Waals surface area contributed by atoms with E-state index in [4.69, 9.17) is 0 Å². The van der Waals surface area contributed by atoms with E-state index in [-0.39, 0.29) is 23.8 Å². The third-order valence-electron chi connectivity index (χ3n) is 2.89. The Labute approximate surface area is 129 Å². The molecule has 1 aliphatic heterocycles. The lowest BCUT2D eigenvalue weighted by Gasteiger charge is -2.13. The molecule has 1 unspecified atom stereocenters. The Kier molecular flexibility index (Phi) is 5.34. The smallest absolute Gasteiger partial charge is 0.262 e. The van der Waals surface area contributed by atoms with Gasteiger partial charge in [0.15, 0.2) is 5.75 Å². The molecule has 1 fully saturated rings. The van der Waals surface area contributed by atoms with Crippen molar-refractivity contribution in [2.75, 3.05) is 11.9 Å². The zero-order valence-corrected chi connectivity index (χ0v) is 12.9. The molecule has 0 bridgehead atoms. The molecule has 20 heavy (non-hydrogen) atoms. The Bertz CT molecular complexity index is 528. The van der Waals surface area contributed by atoms with Gasteiger partial charge in [0.05, 0.1) is 22.7 Å². The second-order valence-corrected chi connectivity index (χ2v) is 5.48. The van der Waals surface area contributed by atoms with Gasteiger partial charge < -0.3 is 10.4 Å². The first-order valence-corrected chi connectivity index (χ1v) is 6.49. The molecular weight excluding hydrogens is 357 g/mol. The molecule has 1 aliphatic rings. The van der Waals surface area contributed by atoms with Crippen LogP contribution in [-0.2, 0) is 4.79 Å². The largest absolute Gasteiger partial charge is 0.505 e. The number of aromatic hydroxyl groups is 1. The summed E-state index contributed by atoms with van der Waals surface area (Å²) in [6.07, 6.45) is -0.535. The van der Waals surface area contributed by atoms with Crippen LogP contribution in [0.15, 0.2) is 16.6 Å². The Balaban J connectivity index is 0.00000200. The molecule has 1 amide bonds. The van der Waals surface area contributed by atoms with Crippen LogP contribution in [0.2, 0.25) is 0 Å². The Morgan fingerprint density at radius 3 is 2.75 bits per heavy atom. The van der Waals surface area contributed by atoms with Gasteiger partial charge in [0.2, 0.25) is 5.91 Å². The summed E-state index contributed by atoms with van der Waals surface area (Å²) >= 11 is 3.15. The summed E-state index contributed by atoms with van der Waals surface area (Å²) in [7, 11) is 0. The molecule has 2 rings (SSSR count). The fourth-order valence-corrected chi connectivity index (χ4v) is 2.53. The van der Waals surface area contributed by atoms with Crippen molar-refractivity contribution in [1.29, 1.82) is 0 Å². The molecule has 1 aromatic rings. The molecule has 0 saturated carbocycles. The van der Waals surface area contributed by atoms with Gasteiger partial charge in [-0.15, -0.1) is 12.4 Å². The predicted molar refractivity (Wildman–Crippen MR) is 77.8 cm³/mol. The van der Waals surface area contributed by atoms with Gasteiger partial charge in [-0.25, -0.2) is 8.78 Å². The minimum Gasteiger partial charge on any atom is -0.505 e. The summed E-state index contributed by atoms with van der Waals surface area (Å²) in [5.41, 5.74) is 1.03. The van der Waals surface area contributed by atoms with Crippen LogP contribution in [0, 0.1) is 6.92 Å². The molecule has 0 radical (unpaired) electrons. The summed E-state index contributed by atoms with van der Waals surface area (Å²) in [5.74, 6) is -3.56. The molecule has 8 heteroatoms. The highest BCUT2D eigenvalue weighted by Gasteiger charge is 2.42. The summed E-state index contributed by atoms with van der Waals surface area (Å²) in [6.45, 7) is 1.29. The third kappa shape index (κ3) is 3.80. The van der Waals surface area contributed by atoms with E-state index in [9.17, 15) is 18.7 Å². The zero-order valence-electron chi connectivity index (χ0n) is 10.5. The predicted octanol–water partition coefficient (Wildman–Crippen LogP) is 2.82. The van der Waals surface area contributed by atoms with Crippen molar-refractivity contribution >= 4 is 39.9 Å². The van der Waals surface area contributed by atoms with Crippen molar-refractivity contribution in [2.45, 2.75) is 25.3 Å². The lowest BCUT2D eigenvalue weighted by atomic mass is 10.1. The number of benzene rings is 1. The van der Waals surface area contributed by atoms with Crippen molar-refractivity contribution < 1.29 is 18.7 Å². The summed E-state index contributed by atoms with van der Waals surface area (Å²) in [6, 6.07) is 2.31. The van der Waals surface area contributed by atoms with Crippen LogP contribution in [0.4, 0.5) is 14.5 Å². The quantitative estimate of drug-likeness (QED) is 0.701. The number of halogens is 4. The van der Waals surface area contributed by atoms with E-state index in [0.29, 0.717) is 4.47 Å². The van der Waals surface area contributed by atoms with Crippen LogP contribution in [0.3, 0.4) is 0 Å². The van der Waals surface area contributed by atoms with Crippen LogP contribution in [0.1, 0.15) is 12.0 Å². The molecule has 112 valence electrons. The number of carbonyl (C=O) groups is 1. The van der Waals surface area contributed by atoms with Crippen molar-refractivity contribution in [3.63, 3.8) is 0 Å². The molecular formula is C12H14BrClF2N2O2. The number of phenolic OH excluding ortho intramolecular Hbond substituents is 1. The zero-order chi connectivity index (χ0) is 14.2. The van der Waals surface area contributed by atoms with Crippen molar-refractivity contribution in [3.8, 4) is 5.75 Å². The highest BCUT2D eigenvalue weighted by molar-refractivity contribution is 9.10. The number of carbonyl (C=O) groups excluding carboxylic acids is 1. The van der Waals surface area contributed by atoms with Crippen LogP contribution in [0.25, 0.3) is 0 Å². The number of alkyl halides is 2. The lowest BCUT2D eigenvalue weighted by molar-refractivity contribution is -0.118. The minimum absolute atomic E-state index is 0. The molecule has 0 aromatic heterocycles. The Hall–Kier alpha value is -0.920. The van der Waals surface area contributed by atoms with Gasteiger partial charge >= 0.3 is 0 Å². The number of hydrogen-bond acceptors (Lipinski definition) is 3. The number of aryl methyl sites for hydroxylation is 1. The van der Waals surface area contributed by atoms with E-state index >= 15 is 0 Å². The molecule has 1 heterocycles. The molecule has 0 aliphatic carbocycles. The molecule has 3 N–H and O–H groups in total. The number of amides is 1. The standard InChI is InChI=1S/C12H13BrF2N2O2.ClH/c1-6-2-7(13)10(18)8(3-6)17-11(19)9-4-12(14,15)5-16-9;/h2-3,9,16,18H,4-5H2,1H3,(H,17,19);1H. The van der Waals surface area contributed by atoms with Crippen LogP contribution in [-0.4, -0.2) is 29.5 Å². The maximum Gasteiger partial charge on any atom is 0.262 e. The van der Waals surface area contributed by atoms with E-state index in [1.54, 1.807) is 19.1 Å². The second kappa shape index (κ2) is 6.24. The van der Waals surface area contributed by atoms with E-state index < -0.39 is 30.8 Å². The number of phenols is 1. The topological polar surface area (TPSA) is 61.4 Å².